The Morgan fingerprint density at radius 1 is 0.966 bits per heavy atom. The highest BCUT2D eigenvalue weighted by Crippen LogP contribution is 2.05. The van der Waals surface area contributed by atoms with Gasteiger partial charge in [0.2, 0.25) is 23.6 Å². The van der Waals surface area contributed by atoms with Gasteiger partial charge in [-0.2, -0.15) is 0 Å². The molecule has 13 heteroatoms. The average molecular weight is 417 g/mol. The Kier molecular flexibility index (Phi) is 10.9. The zero-order valence-corrected chi connectivity index (χ0v) is 16.1. The lowest BCUT2D eigenvalue weighted by molar-refractivity contribution is -0.144. The van der Waals surface area contributed by atoms with Gasteiger partial charge in [-0.3, -0.25) is 24.0 Å². The third kappa shape index (κ3) is 10.6. The third-order valence-electron chi connectivity index (χ3n) is 3.71. The molecule has 0 aromatic heterocycles. The van der Waals surface area contributed by atoms with Gasteiger partial charge in [0.15, 0.2) is 0 Å². The Morgan fingerprint density at radius 2 is 1.55 bits per heavy atom. The molecular weight excluding hydrogens is 390 g/mol. The minimum atomic E-state index is -1.34. The second-order valence-electron chi connectivity index (χ2n) is 6.62. The molecule has 0 radical (unpaired) electrons. The van der Waals surface area contributed by atoms with E-state index in [4.69, 9.17) is 21.7 Å². The molecule has 0 saturated heterocycles. The molecule has 3 atom stereocenters. The van der Waals surface area contributed by atoms with E-state index in [1.165, 1.54) is 0 Å². The van der Waals surface area contributed by atoms with Gasteiger partial charge in [0.05, 0.1) is 19.0 Å². The number of hydrogen-bond acceptors (Lipinski definition) is 7. The van der Waals surface area contributed by atoms with E-state index >= 15 is 0 Å². The van der Waals surface area contributed by atoms with E-state index in [2.05, 4.69) is 16.0 Å². The second kappa shape index (κ2) is 12.3. The van der Waals surface area contributed by atoms with Crippen molar-refractivity contribution in [1.82, 2.24) is 16.0 Å². The normalized spacial score (nSPS) is 13.7. The van der Waals surface area contributed by atoms with E-state index < -0.39 is 79.0 Å². The number of nitrogens with two attached hydrogens (primary N) is 2. The lowest BCUT2D eigenvalue weighted by atomic mass is 10.0. The molecule has 29 heavy (non-hydrogen) atoms. The first kappa shape index (κ1) is 25.8. The molecule has 0 spiro atoms. The summed E-state index contributed by atoms with van der Waals surface area (Å²) in [7, 11) is 0. The van der Waals surface area contributed by atoms with Gasteiger partial charge >= 0.3 is 11.9 Å². The number of aliphatic carboxylic acids is 2. The molecule has 0 aromatic carbocycles. The van der Waals surface area contributed by atoms with Crippen molar-refractivity contribution in [2.45, 2.75) is 51.2 Å². The molecule has 13 nitrogen and oxygen atoms in total. The first-order valence-corrected chi connectivity index (χ1v) is 8.71. The molecule has 0 aromatic rings. The third-order valence-corrected chi connectivity index (χ3v) is 3.71. The molecule has 164 valence electrons. The maximum atomic E-state index is 12.3. The van der Waals surface area contributed by atoms with Crippen LogP contribution in [0.3, 0.4) is 0 Å². The maximum Gasteiger partial charge on any atom is 0.326 e. The van der Waals surface area contributed by atoms with Gasteiger partial charge in [0.25, 0.3) is 0 Å². The van der Waals surface area contributed by atoms with Crippen LogP contribution in [0.4, 0.5) is 0 Å². The van der Waals surface area contributed by atoms with E-state index in [0.29, 0.717) is 0 Å². The van der Waals surface area contributed by atoms with Gasteiger partial charge < -0.3 is 37.6 Å². The maximum absolute atomic E-state index is 12.3. The summed E-state index contributed by atoms with van der Waals surface area (Å²) in [5.41, 5.74) is 10.3. The van der Waals surface area contributed by atoms with Crippen molar-refractivity contribution in [1.29, 1.82) is 0 Å². The minimum absolute atomic E-state index is 0.299. The first-order valence-electron chi connectivity index (χ1n) is 8.71. The monoisotopic (exact) mass is 417 g/mol. The average Bonchev–Trinajstić information content (AvgIpc) is 2.59. The van der Waals surface area contributed by atoms with Gasteiger partial charge in [0.1, 0.15) is 12.1 Å². The van der Waals surface area contributed by atoms with Crippen LogP contribution in [-0.4, -0.2) is 70.5 Å². The molecule has 0 heterocycles. The minimum Gasteiger partial charge on any atom is -0.481 e. The number of carboxylic acid groups (broad SMARTS) is 2. The van der Waals surface area contributed by atoms with E-state index in [-0.39, 0.29) is 6.42 Å². The number of nitrogens with one attached hydrogen (secondary N) is 3. The molecule has 9 N–H and O–H groups in total. The van der Waals surface area contributed by atoms with Crippen molar-refractivity contribution < 1.29 is 39.0 Å². The zero-order chi connectivity index (χ0) is 22.7. The Labute approximate surface area is 166 Å². The number of amides is 4. The van der Waals surface area contributed by atoms with Gasteiger partial charge in [-0.05, 0) is 12.3 Å². The van der Waals surface area contributed by atoms with Crippen LogP contribution in [0.15, 0.2) is 0 Å². The summed E-state index contributed by atoms with van der Waals surface area (Å²) in [6, 6.07) is -3.83. The second-order valence-corrected chi connectivity index (χ2v) is 6.62. The summed E-state index contributed by atoms with van der Waals surface area (Å²) in [5, 5.41) is 24.6. The van der Waals surface area contributed by atoms with Gasteiger partial charge in [-0.1, -0.05) is 13.8 Å². The highest BCUT2D eigenvalue weighted by molar-refractivity contribution is 5.93. The molecule has 4 amide bonds. The van der Waals surface area contributed by atoms with Gasteiger partial charge in [0, 0.05) is 6.42 Å². The molecular formula is C16H27N5O8. The largest absolute Gasteiger partial charge is 0.481 e. The zero-order valence-electron chi connectivity index (χ0n) is 16.1. The molecule has 3 unspecified atom stereocenters. The molecule has 0 bridgehead atoms. The van der Waals surface area contributed by atoms with E-state index in [1.807, 2.05) is 0 Å². The highest BCUT2D eigenvalue weighted by Gasteiger charge is 2.29. The lowest BCUT2D eigenvalue weighted by Crippen LogP contribution is -2.55. The summed E-state index contributed by atoms with van der Waals surface area (Å²) in [4.78, 5) is 68.7. The molecule has 0 aliphatic carbocycles. The summed E-state index contributed by atoms with van der Waals surface area (Å²) in [6.07, 6.45) is -1.19. The fourth-order valence-electron chi connectivity index (χ4n) is 2.16. The number of primary amides is 1. The fourth-order valence-corrected chi connectivity index (χ4v) is 2.16. The Balaban J connectivity index is 4.95. The molecule has 0 saturated carbocycles. The molecule has 0 rings (SSSR count). The summed E-state index contributed by atoms with van der Waals surface area (Å²) < 4.78 is 0. The highest BCUT2D eigenvalue weighted by atomic mass is 16.4. The molecule has 0 aliphatic rings. The SMILES string of the molecule is CC(C)C(NC(=O)C(CCC(=O)O)NC(=O)CNC(=O)C(N)CC(N)=O)C(=O)O. The summed E-state index contributed by atoms with van der Waals surface area (Å²) in [6.45, 7) is 2.53. The standard InChI is InChI=1S/C16H27N5O8/c1-7(2)13(16(28)29)21-15(27)9(3-4-12(24)25)20-11(23)6-19-14(26)8(17)5-10(18)22/h7-9,13H,3-6,17H2,1-2H3,(H2,18,22)(H,19,26)(H,20,23)(H,21,27)(H,24,25)(H,28,29). The predicted molar refractivity (Wildman–Crippen MR) is 98.0 cm³/mol. The number of carbonyl (C=O) groups excluding carboxylic acids is 4. The van der Waals surface area contributed by atoms with Crippen molar-refractivity contribution in [2.75, 3.05) is 6.54 Å². The number of hydrogen-bond donors (Lipinski definition) is 7. The fraction of sp³-hybridized carbons (Fsp3) is 0.625. The van der Waals surface area contributed by atoms with E-state index in [1.54, 1.807) is 13.8 Å². The van der Waals surface area contributed by atoms with E-state index in [9.17, 15) is 28.8 Å². The molecule has 0 aliphatic heterocycles. The van der Waals surface area contributed by atoms with Crippen molar-refractivity contribution in [3.05, 3.63) is 0 Å². The van der Waals surface area contributed by atoms with Crippen LogP contribution in [0.25, 0.3) is 0 Å². The van der Waals surface area contributed by atoms with Crippen LogP contribution < -0.4 is 27.4 Å². The first-order chi connectivity index (χ1) is 13.3. The van der Waals surface area contributed by atoms with Crippen molar-refractivity contribution in [3.63, 3.8) is 0 Å². The predicted octanol–water partition coefficient (Wildman–Crippen LogP) is -3.12. The van der Waals surface area contributed by atoms with Crippen molar-refractivity contribution in [3.8, 4) is 0 Å². The Hall–Kier alpha value is -3.22. The molecule has 0 fully saturated rings. The Morgan fingerprint density at radius 3 is 2.00 bits per heavy atom. The van der Waals surface area contributed by atoms with Crippen molar-refractivity contribution >= 4 is 35.6 Å². The van der Waals surface area contributed by atoms with Gasteiger partial charge in [-0.15, -0.1) is 0 Å². The number of rotatable bonds is 13. The van der Waals surface area contributed by atoms with Crippen LogP contribution in [0.5, 0.6) is 0 Å². The van der Waals surface area contributed by atoms with Crippen LogP contribution in [-0.2, 0) is 28.8 Å². The quantitative estimate of drug-likeness (QED) is 0.160. The lowest BCUT2D eigenvalue weighted by Gasteiger charge is -2.23. The van der Waals surface area contributed by atoms with Crippen molar-refractivity contribution in [2.24, 2.45) is 17.4 Å². The number of carbonyl (C=O) groups is 6. The number of carboxylic acids is 2. The van der Waals surface area contributed by atoms with E-state index in [0.717, 1.165) is 0 Å². The van der Waals surface area contributed by atoms with Gasteiger partial charge in [-0.25, -0.2) is 4.79 Å². The summed E-state index contributed by atoms with van der Waals surface area (Å²) in [5.74, 6) is -6.31. The summed E-state index contributed by atoms with van der Waals surface area (Å²) >= 11 is 0. The van der Waals surface area contributed by atoms with Crippen LogP contribution in [0, 0.1) is 5.92 Å². The van der Waals surface area contributed by atoms with Crippen LogP contribution in [0.2, 0.25) is 0 Å². The Bertz CT molecular complexity index is 651. The topological polar surface area (TPSA) is 231 Å². The van der Waals surface area contributed by atoms with Crippen LogP contribution >= 0.6 is 0 Å². The smallest absolute Gasteiger partial charge is 0.326 e. The van der Waals surface area contributed by atoms with Crippen LogP contribution in [0.1, 0.15) is 33.1 Å².